The summed E-state index contributed by atoms with van der Waals surface area (Å²) in [5.41, 5.74) is 4.59. The number of nitrogens with one attached hydrogen (secondary N) is 2. The van der Waals surface area contributed by atoms with E-state index in [2.05, 4.69) is 71.0 Å². The molecule has 1 heterocycles. The van der Waals surface area contributed by atoms with Crippen molar-refractivity contribution in [2.45, 2.75) is 13.2 Å². The van der Waals surface area contributed by atoms with Gasteiger partial charge in [-0.3, -0.25) is 0 Å². The van der Waals surface area contributed by atoms with E-state index < -0.39 is 0 Å². The number of hydrogen-bond acceptors (Lipinski definition) is 3. The van der Waals surface area contributed by atoms with Crippen molar-refractivity contribution < 1.29 is 9.47 Å². The standard InChI is InChI=1S/C28H26N2O2/c1-3-7-21(8-4-1)19-29-15-16-31-24-11-13-25-26-17-23(12-14-27(26)30-28(25)18-24)32-20-22-9-5-2-6-10-22/h1-14,17-18,29-30H,15-16,19-20H2. The van der Waals surface area contributed by atoms with Crippen LogP contribution < -0.4 is 14.8 Å². The fourth-order valence-corrected chi connectivity index (χ4v) is 3.85. The monoisotopic (exact) mass is 422 g/mol. The van der Waals surface area contributed by atoms with Gasteiger partial charge < -0.3 is 19.8 Å². The number of hydrogen-bond donors (Lipinski definition) is 2. The van der Waals surface area contributed by atoms with Gasteiger partial charge in [-0.25, -0.2) is 0 Å². The molecular formula is C28H26N2O2. The highest BCUT2D eigenvalue weighted by molar-refractivity contribution is 6.08. The minimum Gasteiger partial charge on any atom is -0.492 e. The lowest BCUT2D eigenvalue weighted by Gasteiger charge is -2.08. The Labute approximate surface area is 187 Å². The second kappa shape index (κ2) is 9.58. The largest absolute Gasteiger partial charge is 0.492 e. The summed E-state index contributed by atoms with van der Waals surface area (Å²) in [4.78, 5) is 3.49. The van der Waals surface area contributed by atoms with Crippen molar-refractivity contribution >= 4 is 21.8 Å². The predicted octanol–water partition coefficient (Wildman–Crippen LogP) is 6.07. The van der Waals surface area contributed by atoms with Gasteiger partial charge in [-0.15, -0.1) is 0 Å². The zero-order chi connectivity index (χ0) is 21.6. The summed E-state index contributed by atoms with van der Waals surface area (Å²) in [6, 6.07) is 33.0. The molecule has 0 atom stereocenters. The van der Waals surface area contributed by atoms with E-state index in [9.17, 15) is 0 Å². The molecule has 5 rings (SSSR count). The lowest BCUT2D eigenvalue weighted by Crippen LogP contribution is -2.20. The lowest BCUT2D eigenvalue weighted by atomic mass is 10.1. The van der Waals surface area contributed by atoms with Crippen molar-refractivity contribution in [2.75, 3.05) is 13.2 Å². The van der Waals surface area contributed by atoms with Gasteiger partial charge in [0.15, 0.2) is 0 Å². The molecule has 1 aromatic heterocycles. The molecule has 0 saturated heterocycles. The van der Waals surface area contributed by atoms with Gasteiger partial charge in [0.2, 0.25) is 0 Å². The highest BCUT2D eigenvalue weighted by Crippen LogP contribution is 2.31. The third-order valence-corrected chi connectivity index (χ3v) is 5.51. The summed E-state index contributed by atoms with van der Waals surface area (Å²) in [7, 11) is 0. The van der Waals surface area contributed by atoms with Crippen LogP contribution in [0.2, 0.25) is 0 Å². The Bertz CT molecular complexity index is 1300. The molecule has 0 aliphatic heterocycles. The predicted molar refractivity (Wildman–Crippen MR) is 130 cm³/mol. The van der Waals surface area contributed by atoms with Gasteiger partial charge in [-0.2, -0.15) is 0 Å². The molecule has 4 nitrogen and oxygen atoms in total. The van der Waals surface area contributed by atoms with Crippen LogP contribution in [0.4, 0.5) is 0 Å². The molecule has 32 heavy (non-hydrogen) atoms. The van der Waals surface area contributed by atoms with Crippen LogP contribution in [0.1, 0.15) is 11.1 Å². The molecule has 5 aromatic rings. The van der Waals surface area contributed by atoms with Crippen molar-refractivity contribution in [2.24, 2.45) is 0 Å². The molecule has 0 amide bonds. The van der Waals surface area contributed by atoms with Crippen LogP contribution >= 0.6 is 0 Å². The van der Waals surface area contributed by atoms with E-state index in [1.54, 1.807) is 0 Å². The number of rotatable bonds is 9. The smallest absolute Gasteiger partial charge is 0.121 e. The van der Waals surface area contributed by atoms with E-state index in [1.807, 2.05) is 36.4 Å². The minimum absolute atomic E-state index is 0.561. The Balaban J connectivity index is 1.21. The van der Waals surface area contributed by atoms with Crippen molar-refractivity contribution in [3.63, 3.8) is 0 Å². The quantitative estimate of drug-likeness (QED) is 0.284. The van der Waals surface area contributed by atoms with Gasteiger partial charge in [0, 0.05) is 35.4 Å². The zero-order valence-electron chi connectivity index (χ0n) is 17.9. The van der Waals surface area contributed by atoms with Crippen LogP contribution in [0.5, 0.6) is 11.5 Å². The molecule has 0 saturated carbocycles. The molecular weight excluding hydrogens is 396 g/mol. The Morgan fingerprint density at radius 2 is 1.34 bits per heavy atom. The van der Waals surface area contributed by atoms with Crippen molar-refractivity contribution in [3.05, 3.63) is 108 Å². The number of fused-ring (bicyclic) bond motifs is 3. The summed E-state index contributed by atoms with van der Waals surface area (Å²) >= 11 is 0. The third kappa shape index (κ3) is 4.76. The average molecular weight is 423 g/mol. The molecule has 4 heteroatoms. The maximum absolute atomic E-state index is 6.00. The van der Waals surface area contributed by atoms with Crippen LogP contribution in [-0.2, 0) is 13.2 Å². The van der Waals surface area contributed by atoms with Crippen LogP contribution in [0.25, 0.3) is 21.8 Å². The highest BCUT2D eigenvalue weighted by atomic mass is 16.5. The first kappa shape index (κ1) is 20.2. The van der Waals surface area contributed by atoms with Gasteiger partial charge in [-0.05, 0) is 41.5 Å². The fraction of sp³-hybridized carbons (Fsp3) is 0.143. The summed E-state index contributed by atoms with van der Waals surface area (Å²) in [6.45, 7) is 2.82. The Morgan fingerprint density at radius 3 is 2.16 bits per heavy atom. The molecule has 4 aromatic carbocycles. The number of ether oxygens (including phenoxy) is 2. The van der Waals surface area contributed by atoms with Gasteiger partial charge >= 0.3 is 0 Å². The van der Waals surface area contributed by atoms with E-state index in [-0.39, 0.29) is 0 Å². The SMILES string of the molecule is c1ccc(CNCCOc2ccc3c(c2)[nH]c2ccc(OCc4ccccc4)cc23)cc1. The topological polar surface area (TPSA) is 46.3 Å². The maximum Gasteiger partial charge on any atom is 0.121 e. The van der Waals surface area contributed by atoms with E-state index in [1.165, 1.54) is 10.9 Å². The molecule has 0 aliphatic carbocycles. The molecule has 160 valence electrons. The number of aromatic nitrogens is 1. The van der Waals surface area contributed by atoms with Crippen LogP contribution in [-0.4, -0.2) is 18.1 Å². The minimum atomic E-state index is 0.561. The first-order valence-corrected chi connectivity index (χ1v) is 10.9. The fourth-order valence-electron chi connectivity index (χ4n) is 3.85. The van der Waals surface area contributed by atoms with Crippen LogP contribution in [0.15, 0.2) is 97.1 Å². The number of aromatic amines is 1. The van der Waals surface area contributed by atoms with Crippen LogP contribution in [0.3, 0.4) is 0 Å². The maximum atomic E-state index is 6.00. The van der Waals surface area contributed by atoms with E-state index in [0.29, 0.717) is 13.2 Å². The van der Waals surface area contributed by atoms with Gasteiger partial charge in [-0.1, -0.05) is 60.7 Å². The summed E-state index contributed by atoms with van der Waals surface area (Å²) < 4.78 is 12.0. The first-order valence-electron chi connectivity index (χ1n) is 10.9. The second-order valence-corrected chi connectivity index (χ2v) is 7.82. The van der Waals surface area contributed by atoms with E-state index in [0.717, 1.165) is 46.6 Å². The normalized spacial score (nSPS) is 11.1. The van der Waals surface area contributed by atoms with Crippen LogP contribution in [0, 0.1) is 0 Å². The molecule has 0 unspecified atom stereocenters. The van der Waals surface area contributed by atoms with Gasteiger partial charge in [0.1, 0.15) is 24.7 Å². The summed E-state index contributed by atoms with van der Waals surface area (Å²) in [5.74, 6) is 1.73. The Kier molecular flexibility index (Phi) is 6.04. The van der Waals surface area contributed by atoms with Crippen molar-refractivity contribution in [1.29, 1.82) is 0 Å². The number of benzene rings is 4. The Morgan fingerprint density at radius 1 is 0.625 bits per heavy atom. The first-order chi connectivity index (χ1) is 15.8. The summed E-state index contributed by atoms with van der Waals surface area (Å²) in [6.07, 6.45) is 0. The Hall–Kier alpha value is -3.76. The second-order valence-electron chi connectivity index (χ2n) is 7.82. The molecule has 0 bridgehead atoms. The lowest BCUT2D eigenvalue weighted by molar-refractivity contribution is 0.306. The third-order valence-electron chi connectivity index (χ3n) is 5.51. The van der Waals surface area contributed by atoms with Crippen molar-refractivity contribution in [3.8, 4) is 11.5 Å². The molecule has 0 radical (unpaired) electrons. The summed E-state index contributed by atoms with van der Waals surface area (Å²) in [5, 5.41) is 5.73. The van der Waals surface area contributed by atoms with E-state index in [4.69, 9.17) is 9.47 Å². The molecule has 0 spiro atoms. The highest BCUT2D eigenvalue weighted by Gasteiger charge is 2.07. The van der Waals surface area contributed by atoms with E-state index >= 15 is 0 Å². The molecule has 0 fully saturated rings. The molecule has 2 N–H and O–H groups in total. The average Bonchev–Trinajstić information content (AvgIpc) is 3.21. The van der Waals surface area contributed by atoms with Gasteiger partial charge in [0.25, 0.3) is 0 Å². The zero-order valence-corrected chi connectivity index (χ0v) is 17.9. The number of H-pyrrole nitrogens is 1. The van der Waals surface area contributed by atoms with Crippen molar-refractivity contribution in [1.82, 2.24) is 10.3 Å². The van der Waals surface area contributed by atoms with Gasteiger partial charge in [0.05, 0.1) is 5.52 Å². The molecule has 0 aliphatic rings.